The van der Waals surface area contributed by atoms with Gasteiger partial charge < -0.3 is 13.6 Å². The van der Waals surface area contributed by atoms with Crippen LogP contribution in [0.2, 0.25) is 0 Å². The molecule has 0 spiro atoms. The minimum absolute atomic E-state index is 0.664. The van der Waals surface area contributed by atoms with E-state index < -0.39 is 0 Å². The minimum Gasteiger partial charge on any atom is -0.452 e. The lowest BCUT2D eigenvalue weighted by Gasteiger charge is -2.16. The van der Waals surface area contributed by atoms with Crippen LogP contribution in [-0.4, -0.2) is 19.1 Å². The molecule has 4 aromatic heterocycles. The van der Waals surface area contributed by atoms with Gasteiger partial charge in [0.2, 0.25) is 0 Å². The Balaban J connectivity index is 1.15. The van der Waals surface area contributed by atoms with E-state index in [4.69, 9.17) is 14.4 Å². The maximum atomic E-state index is 6.64. The Kier molecular flexibility index (Phi) is 6.86. The molecular formula is C52H32N4O. The van der Waals surface area contributed by atoms with Crippen LogP contribution >= 0.6 is 0 Å². The van der Waals surface area contributed by atoms with Crippen LogP contribution in [0.15, 0.2) is 199 Å². The first-order chi connectivity index (χ1) is 28.3. The van der Waals surface area contributed by atoms with Crippen molar-refractivity contribution >= 4 is 65.7 Å². The number of para-hydroxylation sites is 4. The lowest BCUT2D eigenvalue weighted by Crippen LogP contribution is -2.00. The van der Waals surface area contributed by atoms with Gasteiger partial charge in [0.1, 0.15) is 16.8 Å². The molecule has 0 radical (unpaired) electrons. The van der Waals surface area contributed by atoms with Crippen LogP contribution in [0.1, 0.15) is 0 Å². The highest BCUT2D eigenvalue weighted by Crippen LogP contribution is 2.40. The Morgan fingerprint density at radius 1 is 0.351 bits per heavy atom. The molecule has 8 aromatic carbocycles. The second-order valence-electron chi connectivity index (χ2n) is 14.6. The van der Waals surface area contributed by atoms with Gasteiger partial charge in [-0.25, -0.2) is 9.97 Å². The average molecular weight is 729 g/mol. The smallest absolute Gasteiger partial charge is 0.180 e. The van der Waals surface area contributed by atoms with E-state index in [0.717, 1.165) is 55.8 Å². The van der Waals surface area contributed by atoms with Gasteiger partial charge in [0.25, 0.3) is 0 Å². The maximum absolute atomic E-state index is 6.64. The molecule has 12 aromatic rings. The first-order valence-electron chi connectivity index (χ1n) is 19.2. The predicted octanol–water partition coefficient (Wildman–Crippen LogP) is 13.6. The lowest BCUT2D eigenvalue weighted by molar-refractivity contribution is 0.667. The summed E-state index contributed by atoms with van der Waals surface area (Å²) in [5, 5.41) is 5.86. The van der Waals surface area contributed by atoms with Gasteiger partial charge in [-0.1, -0.05) is 140 Å². The van der Waals surface area contributed by atoms with E-state index in [1.807, 2.05) is 36.4 Å². The predicted molar refractivity (Wildman–Crippen MR) is 234 cm³/mol. The topological polar surface area (TPSA) is 48.8 Å². The van der Waals surface area contributed by atoms with E-state index in [1.165, 1.54) is 43.6 Å². The van der Waals surface area contributed by atoms with E-state index in [1.54, 1.807) is 0 Å². The Bertz CT molecular complexity index is 3280. The van der Waals surface area contributed by atoms with Crippen LogP contribution in [0.3, 0.4) is 0 Å². The van der Waals surface area contributed by atoms with Crippen LogP contribution in [0.25, 0.3) is 111 Å². The van der Waals surface area contributed by atoms with Gasteiger partial charge in [0.05, 0.1) is 22.1 Å². The standard InChI is InChI=1S/C52H32N4O/c1-3-15-33(16-4-1)49-51-50(54-52(53-49)34-17-5-2-6-18-34)43-31-35(27-28-48(43)57-51)36-29-37(55-44-23-11-7-19-39(44)40-20-8-12-24-45(40)55)32-38(30-36)56-46-25-13-9-21-41(46)42-22-10-14-26-47(42)56/h1-32H. The second-order valence-corrected chi connectivity index (χ2v) is 14.6. The molecule has 57 heavy (non-hydrogen) atoms. The third-order valence-electron chi connectivity index (χ3n) is 11.3. The van der Waals surface area contributed by atoms with Gasteiger partial charge in [0.15, 0.2) is 11.4 Å². The van der Waals surface area contributed by atoms with Crippen molar-refractivity contribution in [3.63, 3.8) is 0 Å². The van der Waals surface area contributed by atoms with E-state index in [9.17, 15) is 0 Å². The molecule has 4 heterocycles. The zero-order valence-corrected chi connectivity index (χ0v) is 30.7. The number of benzene rings is 8. The normalized spacial score (nSPS) is 11.9. The Morgan fingerprint density at radius 2 is 0.825 bits per heavy atom. The summed E-state index contributed by atoms with van der Waals surface area (Å²) in [6.45, 7) is 0. The van der Waals surface area contributed by atoms with Gasteiger partial charge in [-0.2, -0.15) is 0 Å². The highest BCUT2D eigenvalue weighted by Gasteiger charge is 2.21. The highest BCUT2D eigenvalue weighted by atomic mass is 16.3. The van der Waals surface area contributed by atoms with Crippen LogP contribution in [0.5, 0.6) is 0 Å². The van der Waals surface area contributed by atoms with Crippen molar-refractivity contribution in [2.24, 2.45) is 0 Å². The van der Waals surface area contributed by atoms with E-state index in [0.29, 0.717) is 11.4 Å². The summed E-state index contributed by atoms with van der Waals surface area (Å²) in [4.78, 5) is 10.3. The SMILES string of the molecule is c1ccc(-c2nc(-c3ccccc3)c3oc4ccc(-c5cc(-n6c7ccccc7c7ccccc76)cc(-n6c7ccccc7c7ccccc76)c5)cc4c3n2)cc1. The molecule has 0 unspecified atom stereocenters. The van der Waals surface area contributed by atoms with Gasteiger partial charge in [-0.15, -0.1) is 0 Å². The molecule has 0 amide bonds. The molecule has 0 aliphatic carbocycles. The Hall–Kier alpha value is -7.76. The molecule has 0 fully saturated rings. The van der Waals surface area contributed by atoms with Crippen LogP contribution in [0.4, 0.5) is 0 Å². The quantitative estimate of drug-likeness (QED) is 0.177. The molecule has 0 N–H and O–H groups in total. The fourth-order valence-electron chi connectivity index (χ4n) is 8.75. The summed E-state index contributed by atoms with van der Waals surface area (Å²) in [6, 6.07) is 68.6. The number of hydrogen-bond acceptors (Lipinski definition) is 3. The van der Waals surface area contributed by atoms with Crippen LogP contribution in [0, 0.1) is 0 Å². The van der Waals surface area contributed by atoms with Crippen molar-refractivity contribution < 1.29 is 4.42 Å². The number of nitrogens with zero attached hydrogens (tertiary/aromatic N) is 4. The van der Waals surface area contributed by atoms with Crippen LogP contribution < -0.4 is 0 Å². The van der Waals surface area contributed by atoms with Crippen LogP contribution in [-0.2, 0) is 0 Å². The fourth-order valence-corrected chi connectivity index (χ4v) is 8.75. The third kappa shape index (κ3) is 4.89. The average Bonchev–Trinajstić information content (AvgIpc) is 3.94. The molecule has 0 aliphatic rings. The number of furan rings is 1. The van der Waals surface area contributed by atoms with Crippen molar-refractivity contribution in [1.29, 1.82) is 0 Å². The molecule has 0 atom stereocenters. The molecule has 0 saturated heterocycles. The molecule has 5 nitrogen and oxygen atoms in total. The first-order valence-corrected chi connectivity index (χ1v) is 19.2. The van der Waals surface area contributed by atoms with Crippen molar-refractivity contribution in [1.82, 2.24) is 19.1 Å². The number of aromatic nitrogens is 4. The molecule has 0 saturated carbocycles. The summed E-state index contributed by atoms with van der Waals surface area (Å²) < 4.78 is 11.5. The molecule has 266 valence electrons. The van der Waals surface area contributed by atoms with Crippen molar-refractivity contribution in [2.45, 2.75) is 0 Å². The number of hydrogen-bond donors (Lipinski definition) is 0. The van der Waals surface area contributed by atoms with Gasteiger partial charge >= 0.3 is 0 Å². The molecule has 0 aliphatic heterocycles. The molecular weight excluding hydrogens is 697 g/mol. The molecule has 5 heteroatoms. The van der Waals surface area contributed by atoms with E-state index in [-0.39, 0.29) is 0 Å². The van der Waals surface area contributed by atoms with Crippen molar-refractivity contribution in [3.05, 3.63) is 194 Å². The van der Waals surface area contributed by atoms with Gasteiger partial charge in [-0.3, -0.25) is 0 Å². The maximum Gasteiger partial charge on any atom is 0.180 e. The highest BCUT2D eigenvalue weighted by molar-refractivity contribution is 6.11. The lowest BCUT2D eigenvalue weighted by atomic mass is 10.0. The summed E-state index contributed by atoms with van der Waals surface area (Å²) in [7, 11) is 0. The molecule has 0 bridgehead atoms. The largest absolute Gasteiger partial charge is 0.452 e. The summed E-state index contributed by atoms with van der Waals surface area (Å²) in [5.41, 5.74) is 13.9. The zero-order valence-electron chi connectivity index (χ0n) is 30.7. The summed E-state index contributed by atoms with van der Waals surface area (Å²) in [5.74, 6) is 0.664. The van der Waals surface area contributed by atoms with E-state index in [2.05, 4.69) is 167 Å². The monoisotopic (exact) mass is 728 g/mol. The Labute approximate surface area is 327 Å². The summed E-state index contributed by atoms with van der Waals surface area (Å²) in [6.07, 6.45) is 0. The minimum atomic E-state index is 0.664. The van der Waals surface area contributed by atoms with E-state index >= 15 is 0 Å². The Morgan fingerprint density at radius 3 is 1.35 bits per heavy atom. The first kappa shape index (κ1) is 31.6. The molecule has 12 rings (SSSR count). The number of fused-ring (bicyclic) bond motifs is 9. The van der Waals surface area contributed by atoms with Crippen molar-refractivity contribution in [2.75, 3.05) is 0 Å². The van der Waals surface area contributed by atoms with Gasteiger partial charge in [-0.05, 0) is 65.7 Å². The number of rotatable bonds is 5. The fraction of sp³-hybridized carbons (Fsp3) is 0. The van der Waals surface area contributed by atoms with Crippen molar-refractivity contribution in [3.8, 4) is 45.1 Å². The van der Waals surface area contributed by atoms with Gasteiger partial charge in [0, 0.05) is 49.4 Å². The summed E-state index contributed by atoms with van der Waals surface area (Å²) >= 11 is 0. The third-order valence-corrected chi connectivity index (χ3v) is 11.3. The zero-order chi connectivity index (χ0) is 37.5. The second kappa shape index (κ2) is 12.4.